The molecule has 2 bridgehead atoms. The number of benzene rings is 1. The van der Waals surface area contributed by atoms with Gasteiger partial charge in [-0.2, -0.15) is 0 Å². The molecule has 6 rings (SSSR count). The highest BCUT2D eigenvalue weighted by molar-refractivity contribution is 6.02. The topological polar surface area (TPSA) is 91.0 Å². The number of ether oxygens (including phenoxy) is 1. The van der Waals surface area contributed by atoms with Gasteiger partial charge < -0.3 is 25.2 Å². The van der Waals surface area contributed by atoms with E-state index in [1.54, 1.807) is 4.90 Å². The molecule has 4 aliphatic heterocycles. The molecule has 3 saturated heterocycles. The molecule has 1 aliphatic carbocycles. The molecule has 2 N–H and O–H groups in total. The van der Waals surface area contributed by atoms with E-state index in [4.69, 9.17) is 4.74 Å². The van der Waals surface area contributed by atoms with Crippen LogP contribution in [0.2, 0.25) is 0 Å². The van der Waals surface area contributed by atoms with Crippen molar-refractivity contribution in [3.63, 3.8) is 0 Å². The number of hydrogen-bond donors (Lipinski definition) is 2. The van der Waals surface area contributed by atoms with Crippen LogP contribution in [0.1, 0.15) is 83.6 Å². The molecular weight excluding hydrogens is 528 g/mol. The molecule has 4 fully saturated rings. The first-order valence-electron chi connectivity index (χ1n) is 16.4. The number of likely N-dealkylation sites (tertiary alicyclic amines) is 2. The minimum atomic E-state index is -1.11. The normalized spacial score (nSPS) is 32.9. The average Bonchev–Trinajstić information content (AvgIpc) is 3.61. The van der Waals surface area contributed by atoms with Gasteiger partial charge in [-0.3, -0.25) is 14.4 Å². The summed E-state index contributed by atoms with van der Waals surface area (Å²) in [6.45, 7) is 10.1. The zero-order chi connectivity index (χ0) is 29.4. The largest absolute Gasteiger partial charge is 0.359 e. The van der Waals surface area contributed by atoms with E-state index in [1.807, 2.05) is 36.4 Å². The standard InChI is InChI=1S/C34H48N4O4/c1-22(2)24-12-14-26(15-13-24)35-31(39)28-27-16-17-34(42-27)29(28)33(41)38(20-8-19-37-18-7-9-23(3)21-37)30(34)32(40)36-25-10-5-4-6-11-25/h12-17,22-23,25,27-30H,4-11,18-21H2,1-3H3,(H,35,39)(H,36,40)/t23-,27+,28-,29+,30-,34+/m1/s1. The maximum absolute atomic E-state index is 14.2. The number of carbonyl (C=O) groups excluding carboxylic acids is 3. The third kappa shape index (κ3) is 5.52. The number of carbonyl (C=O) groups is 3. The summed E-state index contributed by atoms with van der Waals surface area (Å²) in [5, 5.41) is 6.34. The highest BCUT2D eigenvalue weighted by atomic mass is 16.5. The van der Waals surface area contributed by atoms with Crippen LogP contribution >= 0.6 is 0 Å². The monoisotopic (exact) mass is 576 g/mol. The van der Waals surface area contributed by atoms with E-state index >= 15 is 0 Å². The van der Waals surface area contributed by atoms with E-state index in [2.05, 4.69) is 36.3 Å². The molecular formula is C34H48N4O4. The fourth-order valence-electron chi connectivity index (χ4n) is 8.17. The second-order valence-electron chi connectivity index (χ2n) is 13.7. The van der Waals surface area contributed by atoms with E-state index in [9.17, 15) is 14.4 Å². The second-order valence-corrected chi connectivity index (χ2v) is 13.7. The molecule has 228 valence electrons. The Kier molecular flexibility index (Phi) is 8.47. The first-order chi connectivity index (χ1) is 20.3. The van der Waals surface area contributed by atoms with Crippen molar-refractivity contribution in [1.82, 2.24) is 15.1 Å². The van der Waals surface area contributed by atoms with Gasteiger partial charge in [0, 0.05) is 24.8 Å². The Morgan fingerprint density at radius 3 is 2.50 bits per heavy atom. The van der Waals surface area contributed by atoms with Gasteiger partial charge in [0.05, 0.1) is 17.9 Å². The zero-order valence-corrected chi connectivity index (χ0v) is 25.5. The van der Waals surface area contributed by atoms with Crippen molar-refractivity contribution >= 4 is 23.4 Å². The second kappa shape index (κ2) is 12.1. The lowest BCUT2D eigenvalue weighted by molar-refractivity contribution is -0.141. The lowest BCUT2D eigenvalue weighted by atomic mass is 9.74. The number of nitrogens with one attached hydrogen (secondary N) is 2. The summed E-state index contributed by atoms with van der Waals surface area (Å²) in [5.74, 6) is -0.791. The van der Waals surface area contributed by atoms with Crippen LogP contribution in [-0.2, 0) is 19.1 Å². The van der Waals surface area contributed by atoms with Crippen LogP contribution in [0.25, 0.3) is 0 Å². The molecule has 4 heterocycles. The number of nitrogens with zero attached hydrogens (tertiary/aromatic N) is 2. The fraction of sp³-hybridized carbons (Fsp3) is 0.676. The highest BCUT2D eigenvalue weighted by Gasteiger charge is 2.72. The number of piperidine rings is 1. The van der Waals surface area contributed by atoms with Crippen molar-refractivity contribution in [1.29, 1.82) is 0 Å². The minimum Gasteiger partial charge on any atom is -0.359 e. The van der Waals surface area contributed by atoms with Crippen LogP contribution in [0, 0.1) is 17.8 Å². The van der Waals surface area contributed by atoms with Crippen LogP contribution in [0.3, 0.4) is 0 Å². The molecule has 1 aromatic carbocycles. The van der Waals surface area contributed by atoms with Gasteiger partial charge in [-0.1, -0.05) is 64.3 Å². The van der Waals surface area contributed by atoms with Crippen molar-refractivity contribution in [3.8, 4) is 0 Å². The van der Waals surface area contributed by atoms with Gasteiger partial charge in [-0.25, -0.2) is 0 Å². The van der Waals surface area contributed by atoms with Gasteiger partial charge in [0.1, 0.15) is 11.6 Å². The quantitative estimate of drug-likeness (QED) is 0.424. The van der Waals surface area contributed by atoms with Crippen LogP contribution in [0.5, 0.6) is 0 Å². The van der Waals surface area contributed by atoms with Crippen molar-refractivity contribution < 1.29 is 19.1 Å². The van der Waals surface area contributed by atoms with Gasteiger partial charge >= 0.3 is 0 Å². The summed E-state index contributed by atoms with van der Waals surface area (Å²) in [6, 6.07) is 7.24. The van der Waals surface area contributed by atoms with Crippen molar-refractivity contribution in [3.05, 3.63) is 42.0 Å². The Balaban J connectivity index is 1.22. The van der Waals surface area contributed by atoms with E-state index in [-0.39, 0.29) is 23.8 Å². The summed E-state index contributed by atoms with van der Waals surface area (Å²) in [6.07, 6.45) is 11.9. The third-order valence-corrected chi connectivity index (χ3v) is 10.3. The fourth-order valence-corrected chi connectivity index (χ4v) is 8.17. The molecule has 8 heteroatoms. The summed E-state index contributed by atoms with van der Waals surface area (Å²) >= 11 is 0. The smallest absolute Gasteiger partial charge is 0.246 e. The van der Waals surface area contributed by atoms with Gasteiger partial charge in [0.15, 0.2) is 0 Å². The van der Waals surface area contributed by atoms with Crippen LogP contribution in [0.15, 0.2) is 36.4 Å². The van der Waals surface area contributed by atoms with E-state index in [1.165, 1.54) is 24.8 Å². The predicted molar refractivity (Wildman–Crippen MR) is 163 cm³/mol. The van der Waals surface area contributed by atoms with Gasteiger partial charge in [-0.15, -0.1) is 0 Å². The number of amides is 3. The molecule has 1 aromatic rings. The first-order valence-corrected chi connectivity index (χ1v) is 16.4. The van der Waals surface area contributed by atoms with E-state index in [0.29, 0.717) is 24.1 Å². The molecule has 1 spiro atoms. The molecule has 0 aromatic heterocycles. The minimum absolute atomic E-state index is 0.129. The Morgan fingerprint density at radius 2 is 1.79 bits per heavy atom. The molecule has 0 unspecified atom stereocenters. The predicted octanol–water partition coefficient (Wildman–Crippen LogP) is 4.47. The number of rotatable bonds is 9. The Bertz CT molecular complexity index is 1190. The molecule has 1 saturated carbocycles. The number of anilines is 1. The van der Waals surface area contributed by atoms with Crippen LogP contribution in [0.4, 0.5) is 5.69 Å². The Morgan fingerprint density at radius 1 is 1.02 bits per heavy atom. The van der Waals surface area contributed by atoms with Gasteiger partial charge in [0.25, 0.3) is 0 Å². The third-order valence-electron chi connectivity index (χ3n) is 10.3. The first kappa shape index (κ1) is 29.4. The zero-order valence-electron chi connectivity index (χ0n) is 25.5. The SMILES string of the molecule is CC(C)c1ccc(NC(=O)[C@@H]2[C@@H]3C=C[C@]4(O3)[C@@H]2C(=O)N(CCCN2CCC[C@@H](C)C2)[C@@H]4C(=O)NC2CCCCC2)cc1. The van der Waals surface area contributed by atoms with Crippen molar-refractivity contribution in [2.75, 3.05) is 31.5 Å². The van der Waals surface area contributed by atoms with Crippen LogP contribution < -0.4 is 10.6 Å². The Labute approximate surface area is 250 Å². The maximum Gasteiger partial charge on any atom is 0.246 e. The van der Waals surface area contributed by atoms with Gasteiger partial charge in [-0.05, 0) is 74.7 Å². The van der Waals surface area contributed by atoms with Crippen molar-refractivity contribution in [2.24, 2.45) is 17.8 Å². The molecule has 8 nitrogen and oxygen atoms in total. The summed E-state index contributed by atoms with van der Waals surface area (Å²) in [7, 11) is 0. The highest BCUT2D eigenvalue weighted by Crippen LogP contribution is 2.55. The van der Waals surface area contributed by atoms with Crippen LogP contribution in [-0.4, -0.2) is 77.5 Å². The molecule has 0 radical (unpaired) electrons. The van der Waals surface area contributed by atoms with Gasteiger partial charge in [0.2, 0.25) is 17.7 Å². The lowest BCUT2D eigenvalue weighted by Gasteiger charge is -2.35. The Hall–Kier alpha value is -2.71. The maximum atomic E-state index is 14.2. The van der Waals surface area contributed by atoms with E-state index in [0.717, 1.165) is 51.7 Å². The molecule has 3 amide bonds. The molecule has 42 heavy (non-hydrogen) atoms. The number of hydrogen-bond acceptors (Lipinski definition) is 5. The summed E-state index contributed by atoms with van der Waals surface area (Å²) in [5.41, 5.74) is 0.796. The van der Waals surface area contributed by atoms with Crippen molar-refractivity contribution in [2.45, 2.75) is 102 Å². The lowest BCUT2D eigenvalue weighted by Crippen LogP contribution is -2.56. The van der Waals surface area contributed by atoms with E-state index < -0.39 is 29.6 Å². The summed E-state index contributed by atoms with van der Waals surface area (Å²) in [4.78, 5) is 46.3. The molecule has 5 aliphatic rings. The number of fused-ring (bicyclic) bond motifs is 1. The molecule has 6 atom stereocenters. The average molecular weight is 577 g/mol. The summed E-state index contributed by atoms with van der Waals surface area (Å²) < 4.78 is 6.53.